The number of carbonyl (C=O) groups excluding carboxylic acids is 1. The molecule has 6 heteroatoms. The number of pyridine rings is 1. The molecule has 0 spiro atoms. The zero-order chi connectivity index (χ0) is 14.5. The maximum Gasteiger partial charge on any atom is 0.225 e. The van der Waals surface area contributed by atoms with Crippen LogP contribution in [0.3, 0.4) is 0 Å². The number of nitrogens with zero attached hydrogens (tertiary/aromatic N) is 3. The number of anilines is 1. The summed E-state index contributed by atoms with van der Waals surface area (Å²) in [5, 5.41) is 5.86. The van der Waals surface area contributed by atoms with Gasteiger partial charge in [-0.25, -0.2) is 9.97 Å². The van der Waals surface area contributed by atoms with Crippen molar-refractivity contribution < 1.29 is 4.79 Å². The molecule has 1 saturated heterocycles. The Bertz CT molecular complexity index is 573. The maximum absolute atomic E-state index is 12.3. The van der Waals surface area contributed by atoms with E-state index in [1.807, 2.05) is 23.6 Å². The Morgan fingerprint density at radius 2 is 2.33 bits per heavy atom. The molecule has 0 saturated carbocycles. The molecule has 1 aliphatic heterocycles. The Morgan fingerprint density at radius 1 is 1.38 bits per heavy atom. The Balaban J connectivity index is 1.56. The Kier molecular flexibility index (Phi) is 4.45. The van der Waals surface area contributed by atoms with E-state index in [0.29, 0.717) is 6.54 Å². The lowest BCUT2D eigenvalue weighted by Crippen LogP contribution is -2.43. The summed E-state index contributed by atoms with van der Waals surface area (Å²) in [4.78, 5) is 23.0. The van der Waals surface area contributed by atoms with Crippen LogP contribution in [0.1, 0.15) is 17.8 Å². The first kappa shape index (κ1) is 14.0. The predicted molar refractivity (Wildman–Crippen MR) is 83.1 cm³/mol. The number of hydrogen-bond acceptors (Lipinski definition) is 5. The van der Waals surface area contributed by atoms with E-state index in [1.54, 1.807) is 23.7 Å². The SMILES string of the molecule is O=C(NCc1nccs1)[C@@H]1CCCN(c2ccccn2)C1. The molecule has 21 heavy (non-hydrogen) atoms. The topological polar surface area (TPSA) is 58.1 Å². The van der Waals surface area contributed by atoms with Crippen LogP contribution in [0, 0.1) is 5.92 Å². The van der Waals surface area contributed by atoms with Crippen LogP contribution < -0.4 is 10.2 Å². The van der Waals surface area contributed by atoms with E-state index < -0.39 is 0 Å². The molecule has 1 atom stereocenters. The van der Waals surface area contributed by atoms with Crippen LogP contribution in [0.2, 0.25) is 0 Å². The van der Waals surface area contributed by atoms with Gasteiger partial charge in [-0.1, -0.05) is 6.07 Å². The number of hydrogen-bond donors (Lipinski definition) is 1. The normalized spacial score (nSPS) is 18.5. The van der Waals surface area contributed by atoms with Crippen LogP contribution in [0.4, 0.5) is 5.82 Å². The second-order valence-electron chi connectivity index (χ2n) is 5.12. The van der Waals surface area contributed by atoms with Gasteiger partial charge in [0.1, 0.15) is 10.8 Å². The monoisotopic (exact) mass is 302 g/mol. The fourth-order valence-corrected chi connectivity index (χ4v) is 3.14. The lowest BCUT2D eigenvalue weighted by Gasteiger charge is -2.32. The van der Waals surface area contributed by atoms with Gasteiger partial charge in [0.25, 0.3) is 0 Å². The molecule has 3 rings (SSSR count). The van der Waals surface area contributed by atoms with E-state index in [2.05, 4.69) is 20.2 Å². The summed E-state index contributed by atoms with van der Waals surface area (Å²) in [5.74, 6) is 1.10. The lowest BCUT2D eigenvalue weighted by molar-refractivity contribution is -0.125. The summed E-state index contributed by atoms with van der Waals surface area (Å²) >= 11 is 1.56. The largest absolute Gasteiger partial charge is 0.356 e. The van der Waals surface area contributed by atoms with Crippen LogP contribution in [0.15, 0.2) is 36.0 Å². The van der Waals surface area contributed by atoms with Crippen LogP contribution in [-0.2, 0) is 11.3 Å². The number of thiazole rings is 1. The van der Waals surface area contributed by atoms with Gasteiger partial charge < -0.3 is 10.2 Å². The molecule has 2 aromatic rings. The predicted octanol–water partition coefficient (Wildman–Crippen LogP) is 2.07. The van der Waals surface area contributed by atoms with Crippen LogP contribution >= 0.6 is 11.3 Å². The smallest absolute Gasteiger partial charge is 0.225 e. The molecule has 0 unspecified atom stereocenters. The average molecular weight is 302 g/mol. The first-order valence-corrected chi connectivity index (χ1v) is 8.03. The molecular weight excluding hydrogens is 284 g/mol. The first-order valence-electron chi connectivity index (χ1n) is 7.15. The van der Waals surface area contributed by atoms with Crippen LogP contribution in [-0.4, -0.2) is 29.0 Å². The quantitative estimate of drug-likeness (QED) is 0.939. The van der Waals surface area contributed by atoms with Gasteiger partial charge in [0.05, 0.1) is 12.5 Å². The molecule has 0 aliphatic carbocycles. The van der Waals surface area contributed by atoms with Crippen LogP contribution in [0.25, 0.3) is 0 Å². The number of piperidine rings is 1. The van der Waals surface area contributed by atoms with Crippen molar-refractivity contribution in [3.63, 3.8) is 0 Å². The minimum atomic E-state index is 0.0284. The molecule has 1 fully saturated rings. The second kappa shape index (κ2) is 6.67. The van der Waals surface area contributed by atoms with E-state index in [-0.39, 0.29) is 11.8 Å². The fourth-order valence-electron chi connectivity index (χ4n) is 2.59. The Labute approximate surface area is 128 Å². The number of aromatic nitrogens is 2. The molecule has 110 valence electrons. The number of amides is 1. The summed E-state index contributed by atoms with van der Waals surface area (Å²) in [6, 6.07) is 5.88. The van der Waals surface area contributed by atoms with E-state index in [1.165, 1.54) is 0 Å². The molecule has 1 amide bonds. The first-order chi connectivity index (χ1) is 10.3. The number of rotatable bonds is 4. The highest BCUT2D eigenvalue weighted by Crippen LogP contribution is 2.21. The van der Waals surface area contributed by atoms with Gasteiger partial charge in [0, 0.05) is 30.9 Å². The molecule has 0 radical (unpaired) electrons. The third-order valence-electron chi connectivity index (χ3n) is 3.66. The van der Waals surface area contributed by atoms with Crippen molar-refractivity contribution in [1.29, 1.82) is 0 Å². The van der Waals surface area contributed by atoms with E-state index in [4.69, 9.17) is 0 Å². The Morgan fingerprint density at radius 3 is 3.10 bits per heavy atom. The molecule has 1 N–H and O–H groups in total. The van der Waals surface area contributed by atoms with Gasteiger partial charge in [0.2, 0.25) is 5.91 Å². The summed E-state index contributed by atoms with van der Waals surface area (Å²) < 4.78 is 0. The van der Waals surface area contributed by atoms with Crippen molar-refractivity contribution >= 4 is 23.1 Å². The van der Waals surface area contributed by atoms with Gasteiger partial charge in [0.15, 0.2) is 0 Å². The van der Waals surface area contributed by atoms with Crippen molar-refractivity contribution in [3.05, 3.63) is 41.0 Å². The number of nitrogens with one attached hydrogen (secondary N) is 1. The standard InChI is InChI=1S/C15H18N4OS/c20-15(18-10-14-17-7-9-21-14)12-4-3-8-19(11-12)13-5-1-2-6-16-13/h1-2,5-7,9,12H,3-4,8,10-11H2,(H,18,20)/t12-/m1/s1. The summed E-state index contributed by atoms with van der Waals surface area (Å²) in [7, 11) is 0. The highest BCUT2D eigenvalue weighted by atomic mass is 32.1. The Hall–Kier alpha value is -1.95. The van der Waals surface area contributed by atoms with Gasteiger partial charge in [-0.15, -0.1) is 11.3 Å². The summed E-state index contributed by atoms with van der Waals surface area (Å²) in [6.07, 6.45) is 5.51. The average Bonchev–Trinajstić information content (AvgIpc) is 3.07. The van der Waals surface area contributed by atoms with E-state index >= 15 is 0 Å². The second-order valence-corrected chi connectivity index (χ2v) is 6.10. The fraction of sp³-hybridized carbons (Fsp3) is 0.400. The highest BCUT2D eigenvalue weighted by Gasteiger charge is 2.26. The van der Waals surface area contributed by atoms with Gasteiger partial charge in [-0.2, -0.15) is 0 Å². The number of carbonyl (C=O) groups is 1. The van der Waals surface area contributed by atoms with Crippen LogP contribution in [0.5, 0.6) is 0 Å². The summed E-state index contributed by atoms with van der Waals surface area (Å²) in [5.41, 5.74) is 0. The summed E-state index contributed by atoms with van der Waals surface area (Å²) in [6.45, 7) is 2.23. The van der Waals surface area contributed by atoms with E-state index in [0.717, 1.165) is 36.8 Å². The van der Waals surface area contributed by atoms with Gasteiger partial charge in [-0.05, 0) is 25.0 Å². The molecule has 3 heterocycles. The minimum Gasteiger partial charge on any atom is -0.356 e. The third kappa shape index (κ3) is 3.58. The molecule has 2 aromatic heterocycles. The molecule has 5 nitrogen and oxygen atoms in total. The van der Waals surface area contributed by atoms with Gasteiger partial charge >= 0.3 is 0 Å². The van der Waals surface area contributed by atoms with Crippen molar-refractivity contribution in [1.82, 2.24) is 15.3 Å². The zero-order valence-electron chi connectivity index (χ0n) is 11.7. The zero-order valence-corrected chi connectivity index (χ0v) is 12.6. The van der Waals surface area contributed by atoms with Crippen molar-refractivity contribution in [2.45, 2.75) is 19.4 Å². The van der Waals surface area contributed by atoms with Gasteiger partial charge in [-0.3, -0.25) is 4.79 Å². The molecule has 0 aromatic carbocycles. The lowest BCUT2D eigenvalue weighted by atomic mass is 9.97. The maximum atomic E-state index is 12.3. The van der Waals surface area contributed by atoms with E-state index in [9.17, 15) is 4.79 Å². The molecular formula is C15H18N4OS. The third-order valence-corrected chi connectivity index (χ3v) is 4.44. The molecule has 0 bridgehead atoms. The van der Waals surface area contributed by atoms with Crippen molar-refractivity contribution in [2.75, 3.05) is 18.0 Å². The van der Waals surface area contributed by atoms with Crippen molar-refractivity contribution in [2.24, 2.45) is 5.92 Å². The molecule has 1 aliphatic rings. The minimum absolute atomic E-state index is 0.0284. The van der Waals surface area contributed by atoms with Crippen molar-refractivity contribution in [3.8, 4) is 0 Å². The highest BCUT2D eigenvalue weighted by molar-refractivity contribution is 7.09.